The smallest absolute Gasteiger partial charge is 0.377 e. The first-order valence-corrected chi connectivity index (χ1v) is 8.13. The normalized spacial score (nSPS) is 16.3. The van der Waals surface area contributed by atoms with Gasteiger partial charge in [0.15, 0.2) is 0 Å². The van der Waals surface area contributed by atoms with E-state index in [1.165, 1.54) is 19.3 Å². The number of methoxy groups -OCH3 is 2. The van der Waals surface area contributed by atoms with Crippen LogP contribution in [0.2, 0.25) is 5.02 Å². The minimum absolute atomic E-state index is 0.0244. The number of hydrogen-bond acceptors (Lipinski definition) is 6. The number of carbonyl (C=O) groups is 2. The standard InChI is InChI=1S/C19H16ClNO5/c1-24-18(22)15-16(13-10-6-7-11-14(13)20)21(12-8-4-3-5-9-12)26-17(15)19(23)25-2/h3-11,16H,1-2H3/t16-/m0/s1. The molecule has 134 valence electrons. The van der Waals surface area contributed by atoms with Crippen molar-refractivity contribution in [1.82, 2.24) is 0 Å². The van der Waals surface area contributed by atoms with Gasteiger partial charge in [-0.2, -0.15) is 5.06 Å². The highest BCUT2D eigenvalue weighted by Crippen LogP contribution is 2.44. The molecule has 6 nitrogen and oxygen atoms in total. The SMILES string of the molecule is COC(=O)C1=C(C(=O)OC)[C@H](c2ccccc2Cl)N(c2ccccc2)O1. The molecule has 7 heteroatoms. The molecule has 0 unspecified atom stereocenters. The van der Waals surface area contributed by atoms with Gasteiger partial charge in [0.1, 0.15) is 11.6 Å². The van der Waals surface area contributed by atoms with E-state index in [4.69, 9.17) is 25.9 Å². The summed E-state index contributed by atoms with van der Waals surface area (Å²) in [5.41, 5.74) is 1.26. The quantitative estimate of drug-likeness (QED) is 0.765. The predicted molar refractivity (Wildman–Crippen MR) is 95.3 cm³/mol. The van der Waals surface area contributed by atoms with E-state index in [-0.39, 0.29) is 11.3 Å². The second-order valence-corrected chi connectivity index (χ2v) is 5.81. The molecule has 0 bridgehead atoms. The number of esters is 2. The summed E-state index contributed by atoms with van der Waals surface area (Å²) < 4.78 is 9.65. The van der Waals surface area contributed by atoms with Crippen molar-refractivity contribution in [3.05, 3.63) is 76.5 Å². The lowest BCUT2D eigenvalue weighted by Gasteiger charge is -2.26. The van der Waals surface area contributed by atoms with Crippen LogP contribution in [0.1, 0.15) is 11.6 Å². The summed E-state index contributed by atoms with van der Waals surface area (Å²) in [6.07, 6.45) is 0. The first-order valence-electron chi connectivity index (χ1n) is 7.76. The number of benzene rings is 2. The molecule has 0 radical (unpaired) electrons. The van der Waals surface area contributed by atoms with E-state index in [1.54, 1.807) is 36.4 Å². The van der Waals surface area contributed by atoms with Crippen molar-refractivity contribution < 1.29 is 23.9 Å². The van der Waals surface area contributed by atoms with Gasteiger partial charge in [-0.25, -0.2) is 9.59 Å². The Hall–Kier alpha value is -2.99. The lowest BCUT2D eigenvalue weighted by molar-refractivity contribution is -0.141. The Morgan fingerprint density at radius 3 is 2.19 bits per heavy atom. The molecule has 0 amide bonds. The van der Waals surface area contributed by atoms with Crippen LogP contribution in [0, 0.1) is 0 Å². The molecule has 26 heavy (non-hydrogen) atoms. The van der Waals surface area contributed by atoms with Crippen LogP contribution in [-0.2, 0) is 23.9 Å². The third-order valence-electron chi connectivity index (χ3n) is 3.93. The first-order chi connectivity index (χ1) is 12.6. The van der Waals surface area contributed by atoms with Gasteiger partial charge < -0.3 is 14.3 Å². The molecule has 3 rings (SSSR count). The minimum Gasteiger partial charge on any atom is -0.465 e. The fraction of sp³-hybridized carbons (Fsp3) is 0.158. The van der Waals surface area contributed by atoms with Gasteiger partial charge in [0.2, 0.25) is 0 Å². The number of hydroxylamine groups is 1. The van der Waals surface area contributed by atoms with E-state index in [1.807, 2.05) is 18.2 Å². The Kier molecular flexibility index (Phi) is 5.14. The fourth-order valence-corrected chi connectivity index (χ4v) is 2.99. The average molecular weight is 374 g/mol. The maximum atomic E-state index is 12.5. The number of hydrogen-bond donors (Lipinski definition) is 0. The van der Waals surface area contributed by atoms with Gasteiger partial charge in [0.25, 0.3) is 5.76 Å². The number of nitrogens with zero attached hydrogens (tertiary/aromatic N) is 1. The fourth-order valence-electron chi connectivity index (χ4n) is 2.75. The molecule has 1 heterocycles. The molecule has 1 atom stereocenters. The minimum atomic E-state index is -0.777. The monoisotopic (exact) mass is 373 g/mol. The number of anilines is 1. The number of rotatable bonds is 4. The molecular weight excluding hydrogens is 358 g/mol. The summed E-state index contributed by atoms with van der Waals surface area (Å²) in [5.74, 6) is -1.71. The van der Waals surface area contributed by atoms with Crippen molar-refractivity contribution in [2.24, 2.45) is 0 Å². The van der Waals surface area contributed by atoms with Crippen molar-refractivity contribution in [2.45, 2.75) is 6.04 Å². The molecule has 0 fully saturated rings. The molecular formula is C19H16ClNO5. The summed E-state index contributed by atoms with van der Waals surface area (Å²) in [7, 11) is 2.45. The van der Waals surface area contributed by atoms with E-state index < -0.39 is 18.0 Å². The Balaban J connectivity index is 2.21. The maximum Gasteiger partial charge on any atom is 0.377 e. The molecule has 2 aromatic rings. The lowest BCUT2D eigenvalue weighted by Crippen LogP contribution is -2.26. The van der Waals surface area contributed by atoms with Crippen molar-refractivity contribution in [1.29, 1.82) is 0 Å². The van der Waals surface area contributed by atoms with Crippen LogP contribution in [0.3, 0.4) is 0 Å². The summed E-state index contributed by atoms with van der Waals surface area (Å²) in [5, 5.41) is 1.87. The highest BCUT2D eigenvalue weighted by Gasteiger charge is 2.45. The molecule has 0 saturated heterocycles. The highest BCUT2D eigenvalue weighted by molar-refractivity contribution is 6.31. The van der Waals surface area contributed by atoms with Gasteiger partial charge in [0.05, 0.1) is 19.9 Å². The molecule has 2 aromatic carbocycles. The molecule has 0 saturated carbocycles. The maximum absolute atomic E-state index is 12.5. The van der Waals surface area contributed by atoms with Gasteiger partial charge >= 0.3 is 11.9 Å². The molecule has 0 aromatic heterocycles. The van der Waals surface area contributed by atoms with Crippen molar-refractivity contribution in [2.75, 3.05) is 19.3 Å². The average Bonchev–Trinajstić information content (AvgIpc) is 3.08. The summed E-state index contributed by atoms with van der Waals surface area (Å²) in [4.78, 5) is 30.4. The highest BCUT2D eigenvalue weighted by atomic mass is 35.5. The topological polar surface area (TPSA) is 65.1 Å². The summed E-state index contributed by atoms with van der Waals surface area (Å²) in [6, 6.07) is 15.3. The first kappa shape index (κ1) is 17.8. The third kappa shape index (κ3) is 3.11. The zero-order valence-electron chi connectivity index (χ0n) is 14.1. The van der Waals surface area contributed by atoms with Crippen LogP contribution < -0.4 is 5.06 Å². The van der Waals surface area contributed by atoms with Gasteiger partial charge in [-0.3, -0.25) is 0 Å². The third-order valence-corrected chi connectivity index (χ3v) is 4.27. The summed E-state index contributed by atoms with van der Waals surface area (Å²) in [6.45, 7) is 0. The van der Waals surface area contributed by atoms with Gasteiger partial charge in [-0.1, -0.05) is 48.0 Å². The Bertz CT molecular complexity index is 865. The molecule has 1 aliphatic rings. The van der Waals surface area contributed by atoms with Crippen LogP contribution in [-0.4, -0.2) is 26.2 Å². The number of halogens is 1. The predicted octanol–water partition coefficient (Wildman–Crippen LogP) is 3.43. The van der Waals surface area contributed by atoms with E-state index in [0.29, 0.717) is 16.3 Å². The zero-order valence-corrected chi connectivity index (χ0v) is 14.9. The van der Waals surface area contributed by atoms with E-state index >= 15 is 0 Å². The van der Waals surface area contributed by atoms with Crippen LogP contribution in [0.5, 0.6) is 0 Å². The van der Waals surface area contributed by atoms with Gasteiger partial charge in [-0.05, 0) is 18.2 Å². The number of carbonyl (C=O) groups excluding carboxylic acids is 2. The number of para-hydroxylation sites is 1. The van der Waals surface area contributed by atoms with Crippen LogP contribution in [0.15, 0.2) is 65.9 Å². The molecule has 1 aliphatic heterocycles. The second-order valence-electron chi connectivity index (χ2n) is 5.40. The Labute approximate surface area is 155 Å². The van der Waals surface area contributed by atoms with E-state index in [2.05, 4.69) is 0 Å². The van der Waals surface area contributed by atoms with Gasteiger partial charge in [-0.15, -0.1) is 0 Å². The Morgan fingerprint density at radius 1 is 0.962 bits per heavy atom. The van der Waals surface area contributed by atoms with Crippen molar-refractivity contribution >= 4 is 29.2 Å². The van der Waals surface area contributed by atoms with Crippen molar-refractivity contribution in [3.8, 4) is 0 Å². The molecule has 0 aliphatic carbocycles. The zero-order chi connectivity index (χ0) is 18.7. The van der Waals surface area contributed by atoms with E-state index in [9.17, 15) is 9.59 Å². The van der Waals surface area contributed by atoms with Crippen molar-refractivity contribution in [3.63, 3.8) is 0 Å². The largest absolute Gasteiger partial charge is 0.465 e. The second kappa shape index (κ2) is 7.49. The van der Waals surface area contributed by atoms with Gasteiger partial charge in [0, 0.05) is 10.6 Å². The number of ether oxygens (including phenoxy) is 2. The molecule has 0 spiro atoms. The van der Waals surface area contributed by atoms with Crippen LogP contribution in [0.25, 0.3) is 0 Å². The van der Waals surface area contributed by atoms with Crippen LogP contribution >= 0.6 is 11.6 Å². The Morgan fingerprint density at radius 2 is 1.58 bits per heavy atom. The van der Waals surface area contributed by atoms with Crippen LogP contribution in [0.4, 0.5) is 5.69 Å². The summed E-state index contributed by atoms with van der Waals surface area (Å²) >= 11 is 6.36. The van der Waals surface area contributed by atoms with E-state index in [0.717, 1.165) is 0 Å². The lowest BCUT2D eigenvalue weighted by atomic mass is 9.97. The molecule has 0 N–H and O–H groups in total.